The summed E-state index contributed by atoms with van der Waals surface area (Å²) in [6.45, 7) is 3.22. The zero-order valence-corrected chi connectivity index (χ0v) is 11.1. The number of aromatic nitrogens is 1. The Morgan fingerprint density at radius 2 is 2.16 bits per heavy atom. The third kappa shape index (κ3) is 3.20. The van der Waals surface area contributed by atoms with Crippen molar-refractivity contribution in [1.29, 1.82) is 0 Å². The molecule has 1 fully saturated rings. The van der Waals surface area contributed by atoms with E-state index >= 15 is 0 Å². The van der Waals surface area contributed by atoms with Gasteiger partial charge in [0, 0.05) is 25.8 Å². The highest BCUT2D eigenvalue weighted by atomic mass is 19.1. The first-order valence-electron chi connectivity index (χ1n) is 6.28. The number of rotatable bonds is 3. The summed E-state index contributed by atoms with van der Waals surface area (Å²) in [5.41, 5.74) is -0.0950. The fourth-order valence-electron chi connectivity index (χ4n) is 2.10. The van der Waals surface area contributed by atoms with Crippen molar-refractivity contribution in [2.24, 2.45) is 0 Å². The lowest BCUT2D eigenvalue weighted by molar-refractivity contribution is 0.0423. The van der Waals surface area contributed by atoms with Crippen LogP contribution in [0.4, 0.5) is 10.2 Å². The molecule has 5 nitrogen and oxygen atoms in total. The van der Waals surface area contributed by atoms with Crippen LogP contribution in [0.3, 0.4) is 0 Å². The van der Waals surface area contributed by atoms with E-state index in [0.717, 1.165) is 19.0 Å². The summed E-state index contributed by atoms with van der Waals surface area (Å²) >= 11 is 0. The standard InChI is InChI=1S/C13H18FN3O2/c1-13(3-5-19-6-4-13)17-12(18)10-7-9(14)8-16-11(10)15-2/h7-8H,3-6H2,1-2H3,(H,15,16)(H,17,18). The van der Waals surface area contributed by atoms with Crippen LogP contribution in [0.25, 0.3) is 0 Å². The number of pyridine rings is 1. The average Bonchev–Trinajstić information content (AvgIpc) is 2.39. The minimum Gasteiger partial charge on any atom is -0.381 e. The molecule has 1 amide bonds. The van der Waals surface area contributed by atoms with Crippen LogP contribution in [0.15, 0.2) is 12.3 Å². The predicted octanol–water partition coefficient (Wildman–Crippen LogP) is 1.56. The molecule has 19 heavy (non-hydrogen) atoms. The first-order chi connectivity index (χ1) is 9.04. The molecule has 0 unspecified atom stereocenters. The van der Waals surface area contributed by atoms with Gasteiger partial charge in [0.2, 0.25) is 0 Å². The van der Waals surface area contributed by atoms with E-state index in [1.807, 2.05) is 6.92 Å². The maximum atomic E-state index is 13.2. The van der Waals surface area contributed by atoms with Gasteiger partial charge in [-0.1, -0.05) is 0 Å². The van der Waals surface area contributed by atoms with Crippen molar-refractivity contribution in [3.63, 3.8) is 0 Å². The fourth-order valence-corrected chi connectivity index (χ4v) is 2.10. The van der Waals surface area contributed by atoms with Crippen molar-refractivity contribution in [3.05, 3.63) is 23.6 Å². The Labute approximate surface area is 111 Å². The summed E-state index contributed by atoms with van der Waals surface area (Å²) in [4.78, 5) is 16.1. The summed E-state index contributed by atoms with van der Waals surface area (Å²) in [7, 11) is 1.65. The van der Waals surface area contributed by atoms with Gasteiger partial charge < -0.3 is 15.4 Å². The van der Waals surface area contributed by atoms with Gasteiger partial charge in [0.1, 0.15) is 11.6 Å². The molecule has 0 saturated carbocycles. The van der Waals surface area contributed by atoms with Crippen molar-refractivity contribution in [2.75, 3.05) is 25.6 Å². The van der Waals surface area contributed by atoms with Gasteiger partial charge in [-0.2, -0.15) is 0 Å². The van der Waals surface area contributed by atoms with Crippen molar-refractivity contribution < 1.29 is 13.9 Å². The third-order valence-electron chi connectivity index (χ3n) is 3.35. The molecule has 0 atom stereocenters. The highest BCUT2D eigenvalue weighted by molar-refractivity contribution is 5.99. The van der Waals surface area contributed by atoms with Crippen LogP contribution in [0, 0.1) is 5.82 Å². The van der Waals surface area contributed by atoms with Gasteiger partial charge in [-0.15, -0.1) is 0 Å². The van der Waals surface area contributed by atoms with E-state index in [1.165, 1.54) is 6.07 Å². The zero-order chi connectivity index (χ0) is 13.9. The number of nitrogens with one attached hydrogen (secondary N) is 2. The fraction of sp³-hybridized carbons (Fsp3) is 0.538. The van der Waals surface area contributed by atoms with Crippen LogP contribution < -0.4 is 10.6 Å². The topological polar surface area (TPSA) is 63.2 Å². The number of carbonyl (C=O) groups excluding carboxylic acids is 1. The normalized spacial score (nSPS) is 17.8. The summed E-state index contributed by atoms with van der Waals surface area (Å²) in [6, 6.07) is 1.19. The van der Waals surface area contributed by atoms with Gasteiger partial charge in [0.05, 0.1) is 11.8 Å². The van der Waals surface area contributed by atoms with Gasteiger partial charge in [0.15, 0.2) is 0 Å². The van der Waals surface area contributed by atoms with Crippen LogP contribution >= 0.6 is 0 Å². The minimum absolute atomic E-state index is 0.218. The van der Waals surface area contributed by atoms with E-state index in [2.05, 4.69) is 15.6 Å². The Morgan fingerprint density at radius 3 is 2.79 bits per heavy atom. The lowest BCUT2D eigenvalue weighted by atomic mass is 9.92. The minimum atomic E-state index is -0.527. The first-order valence-corrected chi connectivity index (χ1v) is 6.28. The molecule has 0 radical (unpaired) electrons. The summed E-state index contributed by atoms with van der Waals surface area (Å²) < 4.78 is 18.5. The average molecular weight is 267 g/mol. The SMILES string of the molecule is CNc1ncc(F)cc1C(=O)NC1(C)CCOCC1. The number of halogens is 1. The number of carbonyl (C=O) groups is 1. The van der Waals surface area contributed by atoms with Gasteiger partial charge in [-0.25, -0.2) is 9.37 Å². The van der Waals surface area contributed by atoms with E-state index in [4.69, 9.17) is 4.74 Å². The van der Waals surface area contributed by atoms with E-state index < -0.39 is 5.82 Å². The molecular weight excluding hydrogens is 249 g/mol. The van der Waals surface area contributed by atoms with Crippen molar-refractivity contribution in [2.45, 2.75) is 25.3 Å². The van der Waals surface area contributed by atoms with Gasteiger partial charge in [-0.3, -0.25) is 4.79 Å². The first kappa shape index (κ1) is 13.7. The largest absolute Gasteiger partial charge is 0.381 e. The second kappa shape index (κ2) is 5.52. The molecule has 2 rings (SSSR count). The van der Waals surface area contributed by atoms with Crippen LogP contribution in [0.1, 0.15) is 30.1 Å². The Bertz CT molecular complexity index is 473. The molecule has 0 spiro atoms. The predicted molar refractivity (Wildman–Crippen MR) is 69.7 cm³/mol. The van der Waals surface area contributed by atoms with E-state index in [-0.39, 0.29) is 17.0 Å². The lowest BCUT2D eigenvalue weighted by Gasteiger charge is -2.34. The van der Waals surface area contributed by atoms with Gasteiger partial charge >= 0.3 is 0 Å². The molecule has 0 aromatic carbocycles. The second-order valence-electron chi connectivity index (χ2n) is 4.93. The maximum Gasteiger partial charge on any atom is 0.255 e. The number of hydrogen-bond donors (Lipinski definition) is 2. The van der Waals surface area contributed by atoms with Crippen LogP contribution in [0.5, 0.6) is 0 Å². The summed E-state index contributed by atoms with van der Waals surface area (Å²) in [5, 5.41) is 5.74. The Kier molecular flexibility index (Phi) is 3.99. The molecule has 1 aliphatic rings. The van der Waals surface area contributed by atoms with E-state index in [0.29, 0.717) is 19.0 Å². The number of nitrogens with zero attached hydrogens (tertiary/aromatic N) is 1. The van der Waals surface area contributed by atoms with Crippen molar-refractivity contribution >= 4 is 11.7 Å². The van der Waals surface area contributed by atoms with Crippen LogP contribution in [0.2, 0.25) is 0 Å². The molecule has 6 heteroatoms. The summed E-state index contributed by atoms with van der Waals surface area (Å²) in [5.74, 6) is -0.475. The summed E-state index contributed by atoms with van der Waals surface area (Å²) in [6.07, 6.45) is 2.57. The maximum absolute atomic E-state index is 13.2. The molecule has 0 bridgehead atoms. The molecule has 1 aromatic rings. The quantitative estimate of drug-likeness (QED) is 0.872. The zero-order valence-electron chi connectivity index (χ0n) is 11.1. The van der Waals surface area contributed by atoms with Crippen molar-refractivity contribution in [1.82, 2.24) is 10.3 Å². The molecule has 2 N–H and O–H groups in total. The van der Waals surface area contributed by atoms with Gasteiger partial charge in [0.25, 0.3) is 5.91 Å². The lowest BCUT2D eigenvalue weighted by Crippen LogP contribution is -2.49. The van der Waals surface area contributed by atoms with E-state index in [1.54, 1.807) is 7.05 Å². The highest BCUT2D eigenvalue weighted by Crippen LogP contribution is 2.21. The highest BCUT2D eigenvalue weighted by Gasteiger charge is 2.30. The smallest absolute Gasteiger partial charge is 0.255 e. The van der Waals surface area contributed by atoms with Crippen LogP contribution in [-0.2, 0) is 4.74 Å². The third-order valence-corrected chi connectivity index (χ3v) is 3.35. The molecule has 1 aromatic heterocycles. The number of anilines is 1. The van der Waals surface area contributed by atoms with Crippen molar-refractivity contribution in [3.8, 4) is 0 Å². The Balaban J connectivity index is 2.17. The molecule has 1 aliphatic heterocycles. The molecular formula is C13H18FN3O2. The monoisotopic (exact) mass is 267 g/mol. The molecule has 0 aliphatic carbocycles. The molecule has 104 valence electrons. The number of ether oxygens (including phenoxy) is 1. The van der Waals surface area contributed by atoms with Gasteiger partial charge in [-0.05, 0) is 25.8 Å². The molecule has 1 saturated heterocycles. The van der Waals surface area contributed by atoms with Crippen LogP contribution in [-0.4, -0.2) is 36.7 Å². The Hall–Kier alpha value is -1.69. The second-order valence-corrected chi connectivity index (χ2v) is 4.93. The number of amides is 1. The number of hydrogen-bond acceptors (Lipinski definition) is 4. The molecule has 2 heterocycles. The Morgan fingerprint density at radius 1 is 1.47 bits per heavy atom. The van der Waals surface area contributed by atoms with E-state index in [9.17, 15) is 9.18 Å².